The van der Waals surface area contributed by atoms with Gasteiger partial charge in [-0.05, 0) is 38.2 Å². The van der Waals surface area contributed by atoms with Crippen molar-refractivity contribution in [2.75, 3.05) is 38.5 Å². The van der Waals surface area contributed by atoms with E-state index >= 15 is 0 Å². The molecule has 154 valence electrons. The fourth-order valence-electron chi connectivity index (χ4n) is 3.76. The van der Waals surface area contributed by atoms with Crippen molar-refractivity contribution < 1.29 is 13.2 Å². The van der Waals surface area contributed by atoms with E-state index in [2.05, 4.69) is 20.2 Å². The minimum absolute atomic E-state index is 0.166. The highest BCUT2D eigenvalue weighted by molar-refractivity contribution is 7.89. The molecule has 4 rings (SSSR count). The molecule has 29 heavy (non-hydrogen) atoms. The lowest BCUT2D eigenvalue weighted by Crippen LogP contribution is -2.34. The van der Waals surface area contributed by atoms with Gasteiger partial charge in [0.25, 0.3) is 5.91 Å². The smallest absolute Gasteiger partial charge is 0.256 e. The number of aryl methyl sites for hydroxylation is 1. The van der Waals surface area contributed by atoms with Crippen LogP contribution in [0, 0.1) is 0 Å². The molecule has 0 unspecified atom stereocenters. The predicted molar refractivity (Wildman–Crippen MR) is 112 cm³/mol. The van der Waals surface area contributed by atoms with Crippen molar-refractivity contribution in [3.05, 3.63) is 41.5 Å². The average molecular weight is 416 g/mol. The van der Waals surface area contributed by atoms with Gasteiger partial charge >= 0.3 is 0 Å². The number of anilines is 1. The number of nitrogens with zero attached hydrogens (tertiary/aromatic N) is 3. The number of hydrogen-bond acceptors (Lipinski definition) is 5. The van der Waals surface area contributed by atoms with Gasteiger partial charge in [-0.15, -0.1) is 0 Å². The molecule has 1 fully saturated rings. The molecule has 8 nitrogen and oxygen atoms in total. The zero-order valence-electron chi connectivity index (χ0n) is 16.6. The summed E-state index contributed by atoms with van der Waals surface area (Å²) in [6, 6.07) is 4.99. The minimum atomic E-state index is -3.73. The molecule has 0 atom stereocenters. The number of rotatable bonds is 4. The molecule has 2 aliphatic rings. The van der Waals surface area contributed by atoms with Crippen LogP contribution in [0.1, 0.15) is 30.4 Å². The summed E-state index contributed by atoms with van der Waals surface area (Å²) >= 11 is 0. The van der Waals surface area contributed by atoms with Crippen LogP contribution in [-0.2, 0) is 21.2 Å². The van der Waals surface area contributed by atoms with E-state index in [-0.39, 0.29) is 10.8 Å². The molecule has 1 saturated heterocycles. The molecule has 1 aromatic carbocycles. The zero-order chi connectivity index (χ0) is 20.6. The summed E-state index contributed by atoms with van der Waals surface area (Å²) in [5, 5.41) is 2.79. The van der Waals surface area contributed by atoms with E-state index in [4.69, 9.17) is 0 Å². The van der Waals surface area contributed by atoms with Crippen LogP contribution in [0.4, 0.5) is 5.69 Å². The number of benzene rings is 1. The highest BCUT2D eigenvalue weighted by Gasteiger charge is 2.35. The SMILES string of the molecule is CCc1ncc(C=C2C(=O)Nc3cccc(S(=O)(=O)N4CCCN(C)CC4)c32)[nH]1. The summed E-state index contributed by atoms with van der Waals surface area (Å²) in [6.45, 7) is 4.43. The molecular formula is C20H25N5O3S. The van der Waals surface area contributed by atoms with Gasteiger partial charge in [0.05, 0.1) is 28.0 Å². The molecule has 0 saturated carbocycles. The second kappa shape index (κ2) is 7.74. The van der Waals surface area contributed by atoms with Crippen LogP contribution in [0.2, 0.25) is 0 Å². The Kier molecular flexibility index (Phi) is 5.28. The largest absolute Gasteiger partial charge is 0.342 e. The Hall–Kier alpha value is -2.49. The lowest BCUT2D eigenvalue weighted by Gasteiger charge is -2.21. The van der Waals surface area contributed by atoms with Gasteiger partial charge in [0.2, 0.25) is 10.0 Å². The monoisotopic (exact) mass is 415 g/mol. The number of carbonyl (C=O) groups excluding carboxylic acids is 1. The third kappa shape index (κ3) is 3.73. The second-order valence-corrected chi connectivity index (χ2v) is 9.30. The number of imidazole rings is 1. The number of nitrogens with one attached hydrogen (secondary N) is 2. The summed E-state index contributed by atoms with van der Waals surface area (Å²) in [5.41, 5.74) is 1.95. The van der Waals surface area contributed by atoms with Gasteiger partial charge < -0.3 is 15.2 Å². The lowest BCUT2D eigenvalue weighted by atomic mass is 10.1. The molecule has 2 aliphatic heterocycles. The fourth-order valence-corrected chi connectivity index (χ4v) is 5.46. The highest BCUT2D eigenvalue weighted by Crippen LogP contribution is 2.38. The van der Waals surface area contributed by atoms with Crippen LogP contribution >= 0.6 is 0 Å². The third-order valence-electron chi connectivity index (χ3n) is 5.37. The van der Waals surface area contributed by atoms with Crippen LogP contribution in [0.15, 0.2) is 29.3 Å². The van der Waals surface area contributed by atoms with E-state index < -0.39 is 10.0 Å². The third-order valence-corrected chi connectivity index (χ3v) is 7.31. The number of sulfonamides is 1. The average Bonchev–Trinajstić information content (AvgIpc) is 3.20. The Morgan fingerprint density at radius 1 is 1.21 bits per heavy atom. The van der Waals surface area contributed by atoms with Gasteiger partial charge in [0, 0.05) is 31.6 Å². The summed E-state index contributed by atoms with van der Waals surface area (Å²) in [7, 11) is -1.74. The first-order chi connectivity index (χ1) is 13.9. The highest BCUT2D eigenvalue weighted by atomic mass is 32.2. The van der Waals surface area contributed by atoms with E-state index in [0.717, 1.165) is 25.2 Å². The van der Waals surface area contributed by atoms with E-state index in [1.165, 1.54) is 4.31 Å². The van der Waals surface area contributed by atoms with Crippen molar-refractivity contribution in [3.63, 3.8) is 0 Å². The van der Waals surface area contributed by atoms with Crippen LogP contribution in [0.3, 0.4) is 0 Å². The Labute approximate surface area is 170 Å². The van der Waals surface area contributed by atoms with Crippen molar-refractivity contribution in [1.29, 1.82) is 0 Å². The topological polar surface area (TPSA) is 98.4 Å². The molecule has 9 heteroatoms. The molecule has 2 N–H and O–H groups in total. The Bertz CT molecular complexity index is 1070. The molecule has 2 aromatic rings. The van der Waals surface area contributed by atoms with E-state index in [1.54, 1.807) is 30.5 Å². The second-order valence-electron chi connectivity index (χ2n) is 7.39. The molecular weight excluding hydrogens is 390 g/mol. The van der Waals surface area contributed by atoms with Crippen molar-refractivity contribution in [2.24, 2.45) is 0 Å². The number of aromatic amines is 1. The van der Waals surface area contributed by atoms with E-state index in [9.17, 15) is 13.2 Å². The number of fused-ring (bicyclic) bond motifs is 1. The summed E-state index contributed by atoms with van der Waals surface area (Å²) in [5.74, 6) is 0.496. The van der Waals surface area contributed by atoms with Crippen LogP contribution < -0.4 is 5.32 Å². The van der Waals surface area contributed by atoms with Crippen LogP contribution in [0.5, 0.6) is 0 Å². The van der Waals surface area contributed by atoms with Gasteiger partial charge in [-0.3, -0.25) is 4.79 Å². The van der Waals surface area contributed by atoms with Gasteiger partial charge in [-0.2, -0.15) is 4.31 Å². The maximum absolute atomic E-state index is 13.5. The number of likely N-dealkylation sites (N-methyl/N-ethyl adjacent to an activating group) is 1. The van der Waals surface area contributed by atoms with E-state index in [0.29, 0.717) is 42.2 Å². The molecule has 1 aromatic heterocycles. The van der Waals surface area contributed by atoms with Crippen molar-refractivity contribution >= 4 is 33.3 Å². The number of amides is 1. The Morgan fingerprint density at radius 2 is 2.03 bits per heavy atom. The molecule has 0 aliphatic carbocycles. The quantitative estimate of drug-likeness (QED) is 0.742. The summed E-state index contributed by atoms with van der Waals surface area (Å²) in [6.07, 6.45) is 4.84. The standard InChI is InChI=1S/C20H25N5O3S/c1-3-18-21-13-14(22-18)12-15-19-16(23-20(15)26)6-4-7-17(19)29(27,28)25-9-5-8-24(2)10-11-25/h4,6-7,12-13H,3,5,8-11H2,1-2H3,(H,21,22)(H,23,26). The van der Waals surface area contributed by atoms with Gasteiger partial charge in [0.1, 0.15) is 5.82 Å². The number of aromatic nitrogens is 2. The zero-order valence-corrected chi connectivity index (χ0v) is 17.4. The maximum Gasteiger partial charge on any atom is 0.256 e. The molecule has 0 spiro atoms. The van der Waals surface area contributed by atoms with Crippen molar-refractivity contribution in [1.82, 2.24) is 19.2 Å². The number of carbonyl (C=O) groups is 1. The number of hydrogen-bond donors (Lipinski definition) is 2. The first-order valence-electron chi connectivity index (χ1n) is 9.79. The number of H-pyrrole nitrogens is 1. The first-order valence-corrected chi connectivity index (χ1v) is 11.2. The van der Waals surface area contributed by atoms with Gasteiger partial charge in [-0.25, -0.2) is 13.4 Å². The Balaban J connectivity index is 1.78. The lowest BCUT2D eigenvalue weighted by molar-refractivity contribution is -0.110. The molecule has 3 heterocycles. The molecule has 0 bridgehead atoms. The van der Waals surface area contributed by atoms with Crippen LogP contribution in [0.25, 0.3) is 11.6 Å². The van der Waals surface area contributed by atoms with Gasteiger partial charge in [-0.1, -0.05) is 13.0 Å². The summed E-state index contributed by atoms with van der Waals surface area (Å²) in [4.78, 5) is 22.3. The molecule has 0 radical (unpaired) electrons. The summed E-state index contributed by atoms with van der Waals surface area (Å²) < 4.78 is 28.5. The molecule has 1 amide bonds. The normalized spacial score (nSPS) is 19.9. The maximum atomic E-state index is 13.5. The van der Waals surface area contributed by atoms with Crippen molar-refractivity contribution in [3.8, 4) is 0 Å². The fraction of sp³-hybridized carbons (Fsp3) is 0.400. The van der Waals surface area contributed by atoms with Gasteiger partial charge in [0.15, 0.2) is 0 Å². The predicted octanol–water partition coefficient (Wildman–Crippen LogP) is 1.79. The first kappa shape index (κ1) is 19.8. The van der Waals surface area contributed by atoms with E-state index in [1.807, 2.05) is 14.0 Å². The van der Waals surface area contributed by atoms with Crippen LogP contribution in [-0.4, -0.2) is 66.7 Å². The Morgan fingerprint density at radius 3 is 2.79 bits per heavy atom. The van der Waals surface area contributed by atoms with Crippen molar-refractivity contribution in [2.45, 2.75) is 24.7 Å². The minimum Gasteiger partial charge on any atom is -0.342 e.